The number of nitrogens with one attached hydrogen (secondary N) is 2. The van der Waals surface area contributed by atoms with Crippen LogP contribution in [0, 0.1) is 5.92 Å². The lowest BCUT2D eigenvalue weighted by atomic mass is 10.1. The second-order valence-corrected chi connectivity index (χ2v) is 8.19. The van der Waals surface area contributed by atoms with Crippen molar-refractivity contribution < 1.29 is 18.3 Å². The van der Waals surface area contributed by atoms with Gasteiger partial charge in [-0.05, 0) is 36.1 Å². The third-order valence-corrected chi connectivity index (χ3v) is 5.24. The van der Waals surface area contributed by atoms with Crippen molar-refractivity contribution in [3.8, 4) is 0 Å². The molecule has 140 valence electrons. The average molecular weight is 376 g/mol. The lowest BCUT2D eigenvalue weighted by Gasteiger charge is -2.13. The van der Waals surface area contributed by atoms with Crippen molar-refractivity contribution in [3.05, 3.63) is 59.7 Å². The Morgan fingerprint density at radius 3 is 2.42 bits per heavy atom. The number of sulfonamides is 1. The van der Waals surface area contributed by atoms with E-state index in [-0.39, 0.29) is 17.0 Å². The van der Waals surface area contributed by atoms with Crippen LogP contribution in [0.2, 0.25) is 0 Å². The predicted octanol–water partition coefficient (Wildman–Crippen LogP) is 2.97. The molecule has 0 aromatic heterocycles. The molecule has 0 bridgehead atoms. The monoisotopic (exact) mass is 376 g/mol. The maximum absolute atomic E-state index is 12.5. The molecule has 0 aliphatic heterocycles. The molecule has 7 heteroatoms. The number of rotatable bonds is 9. The summed E-state index contributed by atoms with van der Waals surface area (Å²) in [5.74, 6) is -0.836. The molecule has 0 atom stereocenters. The summed E-state index contributed by atoms with van der Waals surface area (Å²) < 4.78 is 27.4. The van der Waals surface area contributed by atoms with Gasteiger partial charge in [0, 0.05) is 18.8 Å². The van der Waals surface area contributed by atoms with Crippen LogP contribution in [0.15, 0.2) is 53.4 Å². The Bertz CT molecular complexity index is 849. The van der Waals surface area contributed by atoms with Gasteiger partial charge in [-0.1, -0.05) is 44.2 Å². The van der Waals surface area contributed by atoms with Crippen LogP contribution >= 0.6 is 0 Å². The molecule has 0 saturated carbocycles. The highest BCUT2D eigenvalue weighted by Crippen LogP contribution is 2.21. The molecular weight excluding hydrogens is 352 g/mol. The fraction of sp³-hybridized carbons (Fsp3) is 0.316. The molecule has 0 spiro atoms. The van der Waals surface area contributed by atoms with Crippen LogP contribution in [0.3, 0.4) is 0 Å². The third-order valence-electron chi connectivity index (χ3n) is 3.78. The van der Waals surface area contributed by atoms with Crippen LogP contribution in [0.1, 0.15) is 29.8 Å². The van der Waals surface area contributed by atoms with Gasteiger partial charge in [0.1, 0.15) is 0 Å². The van der Waals surface area contributed by atoms with E-state index in [4.69, 9.17) is 0 Å². The van der Waals surface area contributed by atoms with Crippen molar-refractivity contribution in [2.45, 2.75) is 25.2 Å². The molecule has 6 nitrogen and oxygen atoms in total. The first-order valence-corrected chi connectivity index (χ1v) is 9.92. The van der Waals surface area contributed by atoms with Gasteiger partial charge in [-0.3, -0.25) is 0 Å². The van der Waals surface area contributed by atoms with Gasteiger partial charge in [0.25, 0.3) is 0 Å². The van der Waals surface area contributed by atoms with Gasteiger partial charge in [0.05, 0.1) is 10.5 Å². The molecule has 0 radical (unpaired) electrons. The number of carboxylic acids is 1. The summed E-state index contributed by atoms with van der Waals surface area (Å²) in [6.45, 7) is 4.84. The number of hydrogen-bond acceptors (Lipinski definition) is 4. The zero-order chi connectivity index (χ0) is 19.2. The molecule has 2 rings (SSSR count). The van der Waals surface area contributed by atoms with Crippen molar-refractivity contribution in [2.24, 2.45) is 5.92 Å². The van der Waals surface area contributed by atoms with Gasteiger partial charge in [-0.2, -0.15) is 0 Å². The predicted molar refractivity (Wildman–Crippen MR) is 102 cm³/mol. The minimum Gasteiger partial charge on any atom is -0.478 e. The molecule has 26 heavy (non-hydrogen) atoms. The highest BCUT2D eigenvalue weighted by atomic mass is 32.2. The largest absolute Gasteiger partial charge is 0.478 e. The Morgan fingerprint density at radius 1 is 1.12 bits per heavy atom. The van der Waals surface area contributed by atoms with Crippen molar-refractivity contribution in [3.63, 3.8) is 0 Å². The summed E-state index contributed by atoms with van der Waals surface area (Å²) in [6, 6.07) is 13.6. The summed E-state index contributed by atoms with van der Waals surface area (Å²) in [5.41, 5.74) is 1.38. The zero-order valence-corrected chi connectivity index (χ0v) is 15.7. The lowest BCUT2D eigenvalue weighted by molar-refractivity contribution is 0.0697. The molecule has 0 aliphatic rings. The minimum atomic E-state index is -3.78. The van der Waals surface area contributed by atoms with E-state index in [1.807, 2.05) is 44.2 Å². The lowest BCUT2D eigenvalue weighted by Crippen LogP contribution is -2.26. The summed E-state index contributed by atoms with van der Waals surface area (Å²) >= 11 is 0. The van der Waals surface area contributed by atoms with E-state index in [9.17, 15) is 18.3 Å². The molecule has 2 aromatic carbocycles. The smallest absolute Gasteiger partial charge is 0.337 e. The Morgan fingerprint density at radius 2 is 1.81 bits per heavy atom. The number of anilines is 1. The van der Waals surface area contributed by atoms with E-state index in [0.717, 1.165) is 5.56 Å². The fourth-order valence-corrected chi connectivity index (χ4v) is 3.45. The first kappa shape index (κ1) is 19.9. The third kappa shape index (κ3) is 5.57. The SMILES string of the molecule is CC(C)CNc1ccc(S(=O)(=O)NCCc2ccccc2)cc1C(=O)O. The van der Waals surface area contributed by atoms with Gasteiger partial charge in [0.2, 0.25) is 10.0 Å². The van der Waals surface area contributed by atoms with E-state index >= 15 is 0 Å². The second kappa shape index (κ2) is 8.82. The molecule has 0 heterocycles. The highest BCUT2D eigenvalue weighted by molar-refractivity contribution is 7.89. The summed E-state index contributed by atoms with van der Waals surface area (Å²) in [5, 5.41) is 12.4. The molecule has 2 aromatic rings. The summed E-state index contributed by atoms with van der Waals surface area (Å²) in [7, 11) is -3.78. The second-order valence-electron chi connectivity index (χ2n) is 6.42. The quantitative estimate of drug-likeness (QED) is 0.625. The van der Waals surface area contributed by atoms with E-state index in [1.165, 1.54) is 18.2 Å². The topological polar surface area (TPSA) is 95.5 Å². The normalized spacial score (nSPS) is 11.5. The van der Waals surface area contributed by atoms with E-state index in [1.54, 1.807) is 0 Å². The highest BCUT2D eigenvalue weighted by Gasteiger charge is 2.18. The number of carboxylic acid groups (broad SMARTS) is 1. The van der Waals surface area contributed by atoms with Crippen molar-refractivity contribution in [1.82, 2.24) is 4.72 Å². The Balaban J connectivity index is 2.12. The van der Waals surface area contributed by atoms with Crippen LogP contribution in [0.25, 0.3) is 0 Å². The van der Waals surface area contributed by atoms with Crippen LogP contribution in [0.5, 0.6) is 0 Å². The maximum atomic E-state index is 12.5. The zero-order valence-electron chi connectivity index (χ0n) is 14.9. The van der Waals surface area contributed by atoms with Crippen LogP contribution in [-0.4, -0.2) is 32.6 Å². The first-order valence-electron chi connectivity index (χ1n) is 8.44. The fourth-order valence-electron chi connectivity index (χ4n) is 2.39. The molecule has 0 fully saturated rings. The Hall–Kier alpha value is -2.38. The number of carbonyl (C=O) groups is 1. The van der Waals surface area contributed by atoms with Gasteiger partial charge in [-0.15, -0.1) is 0 Å². The summed E-state index contributed by atoms with van der Waals surface area (Å²) in [4.78, 5) is 11.4. The van der Waals surface area contributed by atoms with E-state index < -0.39 is 16.0 Å². The van der Waals surface area contributed by atoms with Crippen LogP contribution in [-0.2, 0) is 16.4 Å². The average Bonchev–Trinajstić information content (AvgIpc) is 2.60. The van der Waals surface area contributed by atoms with Crippen LogP contribution in [0.4, 0.5) is 5.69 Å². The summed E-state index contributed by atoms with van der Waals surface area (Å²) in [6.07, 6.45) is 0.555. The number of hydrogen-bond donors (Lipinski definition) is 3. The molecule has 0 amide bonds. The van der Waals surface area contributed by atoms with Gasteiger partial charge in [-0.25, -0.2) is 17.9 Å². The standard InChI is InChI=1S/C19H24N2O4S/c1-14(2)13-20-18-9-8-16(12-17(18)19(22)23)26(24,25)21-11-10-15-6-4-3-5-7-15/h3-9,12,14,20-21H,10-11,13H2,1-2H3,(H,22,23). The van der Waals surface area contributed by atoms with Crippen molar-refractivity contribution >= 4 is 21.7 Å². The molecule has 3 N–H and O–H groups in total. The van der Waals surface area contributed by atoms with Crippen molar-refractivity contribution in [1.29, 1.82) is 0 Å². The number of benzene rings is 2. The van der Waals surface area contributed by atoms with Crippen LogP contribution < -0.4 is 10.0 Å². The van der Waals surface area contributed by atoms with Gasteiger partial charge >= 0.3 is 5.97 Å². The van der Waals surface area contributed by atoms with E-state index in [2.05, 4.69) is 10.0 Å². The molecule has 0 unspecified atom stereocenters. The Kier molecular flexibility index (Phi) is 6.76. The number of aromatic carboxylic acids is 1. The maximum Gasteiger partial charge on any atom is 0.337 e. The van der Waals surface area contributed by atoms with Gasteiger partial charge in [0.15, 0.2) is 0 Å². The molecule has 0 saturated heterocycles. The minimum absolute atomic E-state index is 0.0574. The van der Waals surface area contributed by atoms with Crippen molar-refractivity contribution in [2.75, 3.05) is 18.4 Å². The Labute approximate surface area is 154 Å². The molecule has 0 aliphatic carbocycles. The van der Waals surface area contributed by atoms with E-state index in [0.29, 0.717) is 24.6 Å². The van der Waals surface area contributed by atoms with Gasteiger partial charge < -0.3 is 10.4 Å². The molecular formula is C19H24N2O4S. The first-order chi connectivity index (χ1) is 12.3.